The summed E-state index contributed by atoms with van der Waals surface area (Å²) in [6.07, 6.45) is 2.75. The second-order valence-electron chi connectivity index (χ2n) is 8.09. The fourth-order valence-electron chi connectivity index (χ4n) is 3.37. The second kappa shape index (κ2) is 12.0. The van der Waals surface area contributed by atoms with E-state index in [0.29, 0.717) is 15.6 Å². The molecule has 0 bridgehead atoms. The summed E-state index contributed by atoms with van der Waals surface area (Å²) in [6, 6.07) is 13.4. The molecule has 0 spiro atoms. The highest BCUT2D eigenvalue weighted by atomic mass is 35.5. The van der Waals surface area contributed by atoms with Crippen molar-refractivity contribution in [2.45, 2.75) is 30.4 Å². The van der Waals surface area contributed by atoms with Crippen molar-refractivity contribution in [3.63, 3.8) is 0 Å². The van der Waals surface area contributed by atoms with Crippen molar-refractivity contribution in [2.75, 3.05) is 10.6 Å². The Morgan fingerprint density at radius 3 is 2.22 bits per heavy atom. The molecule has 11 heteroatoms. The summed E-state index contributed by atoms with van der Waals surface area (Å²) in [5, 5.41) is 14.7. The minimum Gasteiger partial charge on any atom is -0.506 e. The molecule has 1 unspecified atom stereocenters. The van der Waals surface area contributed by atoms with Crippen LogP contribution < -0.4 is 10.6 Å². The molecular formula is C26H23Cl3N2O5S. The summed E-state index contributed by atoms with van der Waals surface area (Å²) in [6.45, 7) is 3.41. The van der Waals surface area contributed by atoms with Crippen LogP contribution in [0.25, 0.3) is 6.08 Å². The normalized spacial score (nSPS) is 12.4. The second-order valence-corrected chi connectivity index (χ2v) is 11.4. The first-order valence-electron chi connectivity index (χ1n) is 11.0. The van der Waals surface area contributed by atoms with Gasteiger partial charge in [-0.2, -0.15) is 0 Å². The van der Waals surface area contributed by atoms with Gasteiger partial charge in [0.05, 0.1) is 31.3 Å². The van der Waals surface area contributed by atoms with E-state index < -0.39 is 26.9 Å². The van der Waals surface area contributed by atoms with Crippen LogP contribution in [0, 0.1) is 6.92 Å². The quantitative estimate of drug-likeness (QED) is 0.208. The van der Waals surface area contributed by atoms with E-state index >= 15 is 0 Å². The zero-order valence-corrected chi connectivity index (χ0v) is 22.8. The number of carbonyl (C=O) groups is 2. The summed E-state index contributed by atoms with van der Waals surface area (Å²) in [4.78, 5) is 25.2. The lowest BCUT2D eigenvalue weighted by Gasteiger charge is -2.17. The summed E-state index contributed by atoms with van der Waals surface area (Å²) in [7, 11) is -3.97. The predicted octanol–water partition coefficient (Wildman–Crippen LogP) is 6.50. The molecule has 1 atom stereocenters. The van der Waals surface area contributed by atoms with E-state index in [9.17, 15) is 23.1 Å². The first-order valence-corrected chi connectivity index (χ1v) is 13.7. The van der Waals surface area contributed by atoms with Gasteiger partial charge in [0.1, 0.15) is 11.0 Å². The monoisotopic (exact) mass is 580 g/mol. The van der Waals surface area contributed by atoms with Crippen LogP contribution in [0.5, 0.6) is 5.75 Å². The number of nitrogens with one attached hydrogen (secondary N) is 2. The first-order chi connectivity index (χ1) is 17.4. The number of aryl methyl sites for hydroxylation is 1. The maximum absolute atomic E-state index is 13.0. The minimum atomic E-state index is -3.97. The van der Waals surface area contributed by atoms with Crippen LogP contribution in [-0.4, -0.2) is 30.6 Å². The molecule has 0 radical (unpaired) electrons. The molecule has 3 aromatic rings. The number of sulfone groups is 1. The lowest BCUT2D eigenvalue weighted by Crippen LogP contribution is -2.34. The van der Waals surface area contributed by atoms with Crippen molar-refractivity contribution in [1.29, 1.82) is 0 Å². The average molecular weight is 582 g/mol. The van der Waals surface area contributed by atoms with Crippen LogP contribution in [-0.2, 0) is 19.4 Å². The van der Waals surface area contributed by atoms with Crippen LogP contribution >= 0.6 is 34.8 Å². The van der Waals surface area contributed by atoms with Crippen LogP contribution in [0.2, 0.25) is 15.1 Å². The molecule has 37 heavy (non-hydrogen) atoms. The number of phenolic OH excluding ortho intramolecular Hbond substituents is 1. The summed E-state index contributed by atoms with van der Waals surface area (Å²) >= 11 is 18.1. The lowest BCUT2D eigenvalue weighted by molar-refractivity contribution is -0.116. The van der Waals surface area contributed by atoms with E-state index in [1.54, 1.807) is 37.3 Å². The van der Waals surface area contributed by atoms with E-state index in [1.165, 1.54) is 30.4 Å². The van der Waals surface area contributed by atoms with Gasteiger partial charge in [-0.1, -0.05) is 65.5 Å². The van der Waals surface area contributed by atoms with Gasteiger partial charge >= 0.3 is 0 Å². The Balaban J connectivity index is 1.74. The van der Waals surface area contributed by atoms with Gasteiger partial charge in [-0.05, 0) is 55.3 Å². The number of phenols is 1. The van der Waals surface area contributed by atoms with E-state index in [2.05, 4.69) is 10.6 Å². The number of benzene rings is 3. The fraction of sp³-hybridized carbons (Fsp3) is 0.154. The fourth-order valence-corrected chi connectivity index (χ4v) is 5.51. The lowest BCUT2D eigenvalue weighted by atomic mass is 10.2. The van der Waals surface area contributed by atoms with Gasteiger partial charge in [0.15, 0.2) is 9.84 Å². The number of hydrogen-bond acceptors (Lipinski definition) is 5. The van der Waals surface area contributed by atoms with E-state index in [0.717, 1.165) is 11.6 Å². The Morgan fingerprint density at radius 2 is 1.59 bits per heavy atom. The van der Waals surface area contributed by atoms with Gasteiger partial charge in [0, 0.05) is 12.1 Å². The number of aromatic hydroxyl groups is 1. The number of carbonyl (C=O) groups excluding carboxylic acids is 2. The SMILES string of the molecule is CCC(C(=O)Nc1cc(O)c(NC(=O)/C=C/c2ccc(Cl)c(Cl)c2)cc1Cl)S(=O)(=O)c1ccc(C)cc1. The third-order valence-corrected chi connectivity index (χ3v) is 8.64. The molecule has 0 fully saturated rings. The molecule has 3 aromatic carbocycles. The predicted molar refractivity (Wildman–Crippen MR) is 148 cm³/mol. The molecular weight excluding hydrogens is 559 g/mol. The number of amides is 2. The van der Waals surface area contributed by atoms with Crippen LogP contribution in [0.4, 0.5) is 11.4 Å². The van der Waals surface area contributed by atoms with Crippen molar-refractivity contribution >= 4 is 73.9 Å². The van der Waals surface area contributed by atoms with Gasteiger partial charge in [0.25, 0.3) is 0 Å². The Morgan fingerprint density at radius 1 is 0.919 bits per heavy atom. The average Bonchev–Trinajstić information content (AvgIpc) is 2.83. The number of rotatable bonds is 8. The Bertz CT molecular complexity index is 1470. The Hall–Kier alpha value is -3.04. The van der Waals surface area contributed by atoms with Crippen molar-refractivity contribution < 1.29 is 23.1 Å². The highest BCUT2D eigenvalue weighted by Gasteiger charge is 2.33. The number of hydrogen-bond donors (Lipinski definition) is 3. The van der Waals surface area contributed by atoms with Crippen molar-refractivity contribution in [2.24, 2.45) is 0 Å². The topological polar surface area (TPSA) is 113 Å². The smallest absolute Gasteiger partial charge is 0.248 e. The maximum atomic E-state index is 13.0. The molecule has 0 saturated carbocycles. The van der Waals surface area contributed by atoms with E-state index in [-0.39, 0.29) is 33.5 Å². The third-order valence-electron chi connectivity index (χ3n) is 5.36. The van der Waals surface area contributed by atoms with E-state index in [4.69, 9.17) is 34.8 Å². The summed E-state index contributed by atoms with van der Waals surface area (Å²) in [5.41, 5.74) is 1.50. The zero-order chi connectivity index (χ0) is 27.3. The molecule has 0 aliphatic heterocycles. The van der Waals surface area contributed by atoms with Gasteiger partial charge in [-0.3, -0.25) is 9.59 Å². The number of anilines is 2. The van der Waals surface area contributed by atoms with Crippen LogP contribution in [0.3, 0.4) is 0 Å². The Labute approximate surface area is 230 Å². The molecule has 3 rings (SSSR count). The van der Waals surface area contributed by atoms with Crippen LogP contribution in [0.15, 0.2) is 65.6 Å². The zero-order valence-electron chi connectivity index (χ0n) is 19.8. The van der Waals surface area contributed by atoms with Crippen molar-refractivity contribution in [3.8, 4) is 5.75 Å². The molecule has 0 heterocycles. The highest BCUT2D eigenvalue weighted by Crippen LogP contribution is 2.34. The van der Waals surface area contributed by atoms with Crippen LogP contribution in [0.1, 0.15) is 24.5 Å². The largest absolute Gasteiger partial charge is 0.506 e. The minimum absolute atomic E-state index is 0.00824. The highest BCUT2D eigenvalue weighted by molar-refractivity contribution is 7.92. The van der Waals surface area contributed by atoms with Gasteiger partial charge in [0.2, 0.25) is 11.8 Å². The van der Waals surface area contributed by atoms with Crippen molar-refractivity contribution in [3.05, 3.63) is 86.9 Å². The molecule has 7 nitrogen and oxygen atoms in total. The molecule has 194 valence electrons. The van der Waals surface area contributed by atoms with Gasteiger partial charge in [-0.15, -0.1) is 0 Å². The van der Waals surface area contributed by atoms with E-state index in [1.807, 2.05) is 6.92 Å². The third kappa shape index (κ3) is 7.05. The first kappa shape index (κ1) is 28.5. The summed E-state index contributed by atoms with van der Waals surface area (Å²) in [5.74, 6) is -1.75. The molecule has 3 N–H and O–H groups in total. The number of halogens is 3. The molecule has 2 amide bonds. The molecule has 0 aromatic heterocycles. The van der Waals surface area contributed by atoms with Gasteiger partial charge < -0.3 is 15.7 Å². The molecule has 0 aliphatic carbocycles. The molecule has 0 saturated heterocycles. The summed E-state index contributed by atoms with van der Waals surface area (Å²) < 4.78 is 26.0. The standard InChI is InChI=1S/C26H23Cl3N2O5S/c1-3-24(37(35,36)17-8-4-15(2)5-9-17)26(34)31-21-14-23(32)22(13-20(21)29)30-25(33)11-7-16-6-10-18(27)19(28)12-16/h4-14,24,32H,3H2,1-2H3,(H,30,33)(H,31,34)/b11-7+. The Kier molecular flexibility index (Phi) is 9.26. The maximum Gasteiger partial charge on any atom is 0.248 e. The van der Waals surface area contributed by atoms with Crippen molar-refractivity contribution in [1.82, 2.24) is 0 Å². The van der Waals surface area contributed by atoms with Gasteiger partial charge in [-0.25, -0.2) is 8.42 Å². The molecule has 0 aliphatic rings.